The van der Waals surface area contributed by atoms with Gasteiger partial charge >= 0.3 is 0 Å². The van der Waals surface area contributed by atoms with Gasteiger partial charge in [0.1, 0.15) is 5.82 Å². The summed E-state index contributed by atoms with van der Waals surface area (Å²) in [6.45, 7) is 0.240. The van der Waals surface area contributed by atoms with Gasteiger partial charge in [0.15, 0.2) is 0 Å². The van der Waals surface area contributed by atoms with Crippen LogP contribution >= 0.6 is 11.6 Å². The van der Waals surface area contributed by atoms with Gasteiger partial charge < -0.3 is 5.32 Å². The predicted molar refractivity (Wildman–Crippen MR) is 61.2 cm³/mol. The van der Waals surface area contributed by atoms with E-state index in [4.69, 9.17) is 11.6 Å². The molecule has 0 saturated heterocycles. The van der Waals surface area contributed by atoms with Crippen molar-refractivity contribution in [3.8, 4) is 0 Å². The Kier molecular flexibility index (Phi) is 3.39. The van der Waals surface area contributed by atoms with E-state index >= 15 is 0 Å². The first kappa shape index (κ1) is 11.6. The summed E-state index contributed by atoms with van der Waals surface area (Å²) in [4.78, 5) is 11.7. The number of rotatable bonds is 3. The van der Waals surface area contributed by atoms with Crippen molar-refractivity contribution in [2.45, 2.75) is 6.54 Å². The van der Waals surface area contributed by atoms with Crippen LogP contribution in [0.25, 0.3) is 0 Å². The van der Waals surface area contributed by atoms with Gasteiger partial charge in [-0.2, -0.15) is 5.10 Å². The third kappa shape index (κ3) is 2.62. The minimum absolute atomic E-state index is 0.0899. The zero-order chi connectivity index (χ0) is 12.3. The van der Waals surface area contributed by atoms with E-state index in [0.717, 1.165) is 5.69 Å². The van der Waals surface area contributed by atoms with E-state index in [1.54, 1.807) is 12.3 Å². The molecule has 2 aromatic rings. The van der Waals surface area contributed by atoms with Crippen molar-refractivity contribution >= 4 is 17.5 Å². The minimum Gasteiger partial charge on any atom is -0.346 e. The number of amides is 1. The lowest BCUT2D eigenvalue weighted by Gasteiger charge is -2.06. The van der Waals surface area contributed by atoms with Crippen LogP contribution in [0.4, 0.5) is 4.39 Å². The Morgan fingerprint density at radius 1 is 1.47 bits per heavy atom. The monoisotopic (exact) mass is 253 g/mol. The smallest absolute Gasteiger partial charge is 0.256 e. The molecule has 0 atom stereocenters. The van der Waals surface area contributed by atoms with Crippen LogP contribution < -0.4 is 5.32 Å². The van der Waals surface area contributed by atoms with Gasteiger partial charge in [0.25, 0.3) is 5.91 Å². The third-order valence-electron chi connectivity index (χ3n) is 2.19. The lowest BCUT2D eigenvalue weighted by Crippen LogP contribution is -2.24. The summed E-state index contributed by atoms with van der Waals surface area (Å²) in [5, 5.41) is 9.05. The predicted octanol–water partition coefficient (Wildman–Crippen LogP) is 2.13. The highest BCUT2D eigenvalue weighted by atomic mass is 35.5. The summed E-state index contributed by atoms with van der Waals surface area (Å²) in [5.41, 5.74) is 0.583. The number of carbonyl (C=O) groups is 1. The zero-order valence-electron chi connectivity index (χ0n) is 8.71. The zero-order valence-corrected chi connectivity index (χ0v) is 9.46. The van der Waals surface area contributed by atoms with E-state index < -0.39 is 11.7 Å². The summed E-state index contributed by atoms with van der Waals surface area (Å²) in [6.07, 6.45) is 1.57. The van der Waals surface area contributed by atoms with Gasteiger partial charge in [-0.05, 0) is 18.2 Å². The quantitative estimate of drug-likeness (QED) is 0.880. The number of hydrogen-bond donors (Lipinski definition) is 2. The Balaban J connectivity index is 2.10. The number of carbonyl (C=O) groups excluding carboxylic acids is 1. The molecule has 0 fully saturated rings. The second kappa shape index (κ2) is 4.97. The maximum Gasteiger partial charge on any atom is 0.256 e. The topological polar surface area (TPSA) is 57.8 Å². The molecular weight excluding hydrogens is 245 g/mol. The van der Waals surface area contributed by atoms with Crippen molar-refractivity contribution in [2.75, 3.05) is 0 Å². The molecule has 1 aromatic carbocycles. The number of aromatic nitrogens is 2. The fraction of sp³-hybridized carbons (Fsp3) is 0.0909. The molecular formula is C11H9ClFN3O. The molecule has 4 nitrogen and oxygen atoms in total. The van der Waals surface area contributed by atoms with Crippen LogP contribution in [0.5, 0.6) is 0 Å². The van der Waals surface area contributed by atoms with Crippen LogP contribution in [-0.2, 0) is 6.54 Å². The lowest BCUT2D eigenvalue weighted by atomic mass is 10.2. The SMILES string of the molecule is O=C(NCc1ccn[nH]1)c1c(F)cccc1Cl. The van der Waals surface area contributed by atoms with E-state index in [0.29, 0.717) is 0 Å². The molecule has 1 amide bonds. The molecule has 17 heavy (non-hydrogen) atoms. The third-order valence-corrected chi connectivity index (χ3v) is 2.50. The van der Waals surface area contributed by atoms with Crippen molar-refractivity contribution < 1.29 is 9.18 Å². The Hall–Kier alpha value is -1.88. The number of nitrogens with zero attached hydrogens (tertiary/aromatic N) is 1. The maximum atomic E-state index is 13.4. The average Bonchev–Trinajstić information content (AvgIpc) is 2.79. The van der Waals surface area contributed by atoms with Gasteiger partial charge in [0.05, 0.1) is 22.8 Å². The van der Waals surface area contributed by atoms with Crippen LogP contribution in [0.1, 0.15) is 16.1 Å². The second-order valence-electron chi connectivity index (χ2n) is 3.36. The van der Waals surface area contributed by atoms with E-state index in [1.165, 1.54) is 18.2 Å². The fourth-order valence-electron chi connectivity index (χ4n) is 1.36. The van der Waals surface area contributed by atoms with Crippen molar-refractivity contribution in [1.29, 1.82) is 0 Å². The lowest BCUT2D eigenvalue weighted by molar-refractivity contribution is 0.0946. The highest BCUT2D eigenvalue weighted by molar-refractivity contribution is 6.33. The van der Waals surface area contributed by atoms with Crippen molar-refractivity contribution in [3.63, 3.8) is 0 Å². The fourth-order valence-corrected chi connectivity index (χ4v) is 1.61. The Morgan fingerprint density at radius 3 is 2.94 bits per heavy atom. The van der Waals surface area contributed by atoms with Crippen LogP contribution in [0.2, 0.25) is 5.02 Å². The molecule has 0 aliphatic rings. The Labute approximate surface area is 102 Å². The van der Waals surface area contributed by atoms with Gasteiger partial charge in [-0.25, -0.2) is 4.39 Å². The first-order valence-corrected chi connectivity index (χ1v) is 5.26. The minimum atomic E-state index is -0.639. The van der Waals surface area contributed by atoms with E-state index in [1.807, 2.05) is 0 Å². The number of hydrogen-bond acceptors (Lipinski definition) is 2. The van der Waals surface area contributed by atoms with Crippen LogP contribution in [-0.4, -0.2) is 16.1 Å². The molecule has 2 N–H and O–H groups in total. The van der Waals surface area contributed by atoms with Gasteiger partial charge in [-0.1, -0.05) is 17.7 Å². The summed E-state index contributed by atoms with van der Waals surface area (Å²) < 4.78 is 13.4. The normalized spacial score (nSPS) is 10.2. The number of H-pyrrole nitrogens is 1. The largest absolute Gasteiger partial charge is 0.346 e. The summed E-state index contributed by atoms with van der Waals surface area (Å²) in [5.74, 6) is -1.19. The first-order valence-electron chi connectivity index (χ1n) is 4.89. The molecule has 6 heteroatoms. The molecule has 0 saturated carbocycles. The van der Waals surface area contributed by atoms with Gasteiger partial charge in [0.2, 0.25) is 0 Å². The summed E-state index contributed by atoms with van der Waals surface area (Å²) in [6, 6.07) is 5.82. The van der Waals surface area contributed by atoms with Crippen molar-refractivity contribution in [1.82, 2.24) is 15.5 Å². The van der Waals surface area contributed by atoms with Crippen LogP contribution in [0.3, 0.4) is 0 Å². The Bertz CT molecular complexity index is 507. The number of aromatic amines is 1. The molecule has 1 heterocycles. The summed E-state index contributed by atoms with van der Waals surface area (Å²) >= 11 is 5.76. The number of halogens is 2. The van der Waals surface area contributed by atoms with Crippen molar-refractivity contribution in [2.24, 2.45) is 0 Å². The molecule has 1 aromatic heterocycles. The molecule has 0 radical (unpaired) electrons. The van der Waals surface area contributed by atoms with E-state index in [-0.39, 0.29) is 17.1 Å². The number of benzene rings is 1. The highest BCUT2D eigenvalue weighted by Crippen LogP contribution is 2.18. The summed E-state index contributed by atoms with van der Waals surface area (Å²) in [7, 11) is 0. The number of nitrogens with one attached hydrogen (secondary N) is 2. The molecule has 2 rings (SSSR count). The molecule has 0 aliphatic heterocycles. The highest BCUT2D eigenvalue weighted by Gasteiger charge is 2.15. The van der Waals surface area contributed by atoms with Crippen LogP contribution in [0.15, 0.2) is 30.5 Å². The van der Waals surface area contributed by atoms with E-state index in [2.05, 4.69) is 15.5 Å². The maximum absolute atomic E-state index is 13.4. The Morgan fingerprint density at radius 2 is 2.29 bits per heavy atom. The average molecular weight is 254 g/mol. The molecule has 0 unspecified atom stereocenters. The van der Waals surface area contributed by atoms with Gasteiger partial charge in [-0.3, -0.25) is 9.89 Å². The molecule has 0 spiro atoms. The molecule has 0 bridgehead atoms. The molecule has 88 valence electrons. The van der Waals surface area contributed by atoms with Gasteiger partial charge in [0, 0.05) is 6.20 Å². The molecule has 0 aliphatic carbocycles. The van der Waals surface area contributed by atoms with Gasteiger partial charge in [-0.15, -0.1) is 0 Å². The first-order chi connectivity index (χ1) is 8.18. The van der Waals surface area contributed by atoms with Crippen LogP contribution in [0, 0.1) is 5.82 Å². The second-order valence-corrected chi connectivity index (χ2v) is 3.77. The standard InChI is InChI=1S/C11H9ClFN3O/c12-8-2-1-3-9(13)10(8)11(17)14-6-7-4-5-15-16-7/h1-5H,6H2,(H,14,17)(H,15,16). The van der Waals surface area contributed by atoms with E-state index in [9.17, 15) is 9.18 Å². The van der Waals surface area contributed by atoms with Crippen molar-refractivity contribution in [3.05, 3.63) is 52.6 Å².